The molecule has 0 bridgehead atoms. The second kappa shape index (κ2) is 6.78. The van der Waals surface area contributed by atoms with Crippen molar-refractivity contribution in [2.75, 3.05) is 13.7 Å². The molecule has 0 spiro atoms. The summed E-state index contributed by atoms with van der Waals surface area (Å²) in [7, 11) is 1.75. The van der Waals surface area contributed by atoms with Crippen molar-refractivity contribution in [1.82, 2.24) is 4.90 Å². The maximum absolute atomic E-state index is 11.8. The van der Waals surface area contributed by atoms with E-state index in [4.69, 9.17) is 22.1 Å². The van der Waals surface area contributed by atoms with E-state index in [1.807, 2.05) is 20.8 Å². The van der Waals surface area contributed by atoms with Crippen molar-refractivity contribution in [3.05, 3.63) is 28.8 Å². The van der Waals surface area contributed by atoms with E-state index < -0.39 is 0 Å². The zero-order valence-electron chi connectivity index (χ0n) is 11.8. The topological polar surface area (TPSA) is 55.6 Å². The Morgan fingerprint density at radius 3 is 2.58 bits per heavy atom. The number of ether oxygens (including phenoxy) is 1. The molecule has 0 aliphatic heterocycles. The molecular formula is C14H21ClN2O2. The maximum atomic E-state index is 11.8. The normalized spacial score (nSPS) is 12.4. The van der Waals surface area contributed by atoms with Gasteiger partial charge < -0.3 is 15.4 Å². The van der Waals surface area contributed by atoms with Crippen LogP contribution < -0.4 is 10.5 Å². The smallest absolute Gasteiger partial charge is 0.260 e. The van der Waals surface area contributed by atoms with Gasteiger partial charge in [0.15, 0.2) is 6.61 Å². The molecule has 19 heavy (non-hydrogen) atoms. The number of likely N-dealkylation sites (N-methyl/N-ethyl adjacent to an activating group) is 1. The largest absolute Gasteiger partial charge is 0.483 e. The fourth-order valence-corrected chi connectivity index (χ4v) is 1.72. The molecule has 0 saturated heterocycles. The second-order valence-corrected chi connectivity index (χ2v) is 5.29. The number of halogens is 1. The Morgan fingerprint density at radius 1 is 1.42 bits per heavy atom. The van der Waals surface area contributed by atoms with Crippen LogP contribution in [0.2, 0.25) is 5.02 Å². The number of nitrogens with zero attached hydrogens (tertiary/aromatic N) is 1. The Morgan fingerprint density at radius 2 is 2.05 bits per heavy atom. The molecule has 0 unspecified atom stereocenters. The Kier molecular flexibility index (Phi) is 5.63. The van der Waals surface area contributed by atoms with Gasteiger partial charge >= 0.3 is 0 Å². The first-order valence-electron chi connectivity index (χ1n) is 6.26. The van der Waals surface area contributed by atoms with Gasteiger partial charge in [0, 0.05) is 29.7 Å². The highest BCUT2D eigenvalue weighted by Crippen LogP contribution is 2.27. The molecule has 0 fully saturated rings. The zero-order valence-corrected chi connectivity index (χ0v) is 12.6. The molecule has 2 N–H and O–H groups in total. The summed E-state index contributed by atoms with van der Waals surface area (Å²) in [6.07, 6.45) is 0. The van der Waals surface area contributed by atoms with Crippen molar-refractivity contribution in [3.63, 3.8) is 0 Å². The molecule has 1 rings (SSSR count). The van der Waals surface area contributed by atoms with E-state index >= 15 is 0 Å². The summed E-state index contributed by atoms with van der Waals surface area (Å²) in [5.74, 6) is 0.533. The van der Waals surface area contributed by atoms with E-state index in [0.29, 0.717) is 10.8 Å². The summed E-state index contributed by atoms with van der Waals surface area (Å²) >= 11 is 5.93. The van der Waals surface area contributed by atoms with Gasteiger partial charge in [-0.15, -0.1) is 0 Å². The van der Waals surface area contributed by atoms with Crippen molar-refractivity contribution < 1.29 is 9.53 Å². The monoisotopic (exact) mass is 284 g/mol. The minimum Gasteiger partial charge on any atom is -0.483 e. The summed E-state index contributed by atoms with van der Waals surface area (Å²) in [6, 6.07) is 5.17. The Balaban J connectivity index is 2.75. The molecule has 1 amide bonds. The SMILES string of the molecule is CC(C)N(C)C(=O)COc1ccc(Cl)cc1[C@@H](C)N. The summed E-state index contributed by atoms with van der Waals surface area (Å²) in [6.45, 7) is 5.75. The lowest BCUT2D eigenvalue weighted by atomic mass is 10.1. The molecule has 1 atom stereocenters. The van der Waals surface area contributed by atoms with Crippen molar-refractivity contribution in [2.45, 2.75) is 32.9 Å². The number of rotatable bonds is 5. The van der Waals surface area contributed by atoms with Crippen LogP contribution >= 0.6 is 11.6 Å². The zero-order chi connectivity index (χ0) is 14.6. The quantitative estimate of drug-likeness (QED) is 0.904. The van der Waals surface area contributed by atoms with Crippen LogP contribution in [0.3, 0.4) is 0 Å². The standard InChI is InChI=1S/C14H21ClN2O2/c1-9(2)17(4)14(18)8-19-13-6-5-11(15)7-12(13)10(3)16/h5-7,9-10H,8,16H2,1-4H3/t10-/m1/s1. The third-order valence-electron chi connectivity index (χ3n) is 2.98. The van der Waals surface area contributed by atoms with Gasteiger partial charge in [0.05, 0.1) is 0 Å². The minimum absolute atomic E-state index is 0.00394. The Hall–Kier alpha value is -1.26. The van der Waals surface area contributed by atoms with Crippen LogP contribution in [0.1, 0.15) is 32.4 Å². The van der Waals surface area contributed by atoms with Crippen LogP contribution in [0, 0.1) is 0 Å². The van der Waals surface area contributed by atoms with Crippen LogP contribution in [0.5, 0.6) is 5.75 Å². The van der Waals surface area contributed by atoms with Gasteiger partial charge in [-0.05, 0) is 39.0 Å². The Labute approximate surface area is 119 Å². The number of nitrogens with two attached hydrogens (primary N) is 1. The first kappa shape index (κ1) is 15.8. The van der Waals surface area contributed by atoms with E-state index in [-0.39, 0.29) is 24.6 Å². The molecule has 5 heteroatoms. The average molecular weight is 285 g/mol. The molecule has 0 saturated carbocycles. The van der Waals surface area contributed by atoms with Crippen LogP contribution in [-0.2, 0) is 4.79 Å². The van der Waals surface area contributed by atoms with Crippen molar-refractivity contribution >= 4 is 17.5 Å². The molecule has 0 aliphatic carbocycles. The third kappa shape index (κ3) is 4.40. The molecule has 4 nitrogen and oxygen atoms in total. The van der Waals surface area contributed by atoms with Gasteiger partial charge in [-0.2, -0.15) is 0 Å². The van der Waals surface area contributed by atoms with E-state index in [1.165, 1.54) is 0 Å². The highest BCUT2D eigenvalue weighted by Gasteiger charge is 2.14. The maximum Gasteiger partial charge on any atom is 0.260 e. The van der Waals surface area contributed by atoms with Gasteiger partial charge in [0.2, 0.25) is 0 Å². The van der Waals surface area contributed by atoms with E-state index in [0.717, 1.165) is 5.56 Å². The van der Waals surface area contributed by atoms with E-state index in [9.17, 15) is 4.79 Å². The van der Waals surface area contributed by atoms with Crippen LogP contribution in [0.25, 0.3) is 0 Å². The molecular weight excluding hydrogens is 264 g/mol. The molecule has 0 heterocycles. The minimum atomic E-state index is -0.202. The van der Waals surface area contributed by atoms with Gasteiger partial charge in [0.1, 0.15) is 5.75 Å². The van der Waals surface area contributed by atoms with Crippen LogP contribution in [0.15, 0.2) is 18.2 Å². The summed E-state index contributed by atoms with van der Waals surface area (Å²) in [5, 5.41) is 0.602. The summed E-state index contributed by atoms with van der Waals surface area (Å²) in [4.78, 5) is 13.5. The molecule has 0 aromatic heterocycles. The predicted octanol–water partition coefficient (Wildman–Crippen LogP) is 2.61. The lowest BCUT2D eigenvalue weighted by Gasteiger charge is -2.22. The van der Waals surface area contributed by atoms with Crippen molar-refractivity contribution in [3.8, 4) is 5.75 Å². The number of hydrogen-bond donors (Lipinski definition) is 1. The lowest BCUT2D eigenvalue weighted by molar-refractivity contribution is -0.133. The predicted molar refractivity (Wildman–Crippen MR) is 77.5 cm³/mol. The molecule has 106 valence electrons. The van der Waals surface area contributed by atoms with E-state index in [2.05, 4.69) is 0 Å². The van der Waals surface area contributed by atoms with E-state index in [1.54, 1.807) is 30.1 Å². The molecule has 0 radical (unpaired) electrons. The highest BCUT2D eigenvalue weighted by molar-refractivity contribution is 6.30. The molecule has 1 aromatic carbocycles. The lowest BCUT2D eigenvalue weighted by Crippen LogP contribution is -2.36. The van der Waals surface area contributed by atoms with Crippen LogP contribution in [-0.4, -0.2) is 30.5 Å². The van der Waals surface area contributed by atoms with Gasteiger partial charge in [-0.3, -0.25) is 4.79 Å². The number of hydrogen-bond acceptors (Lipinski definition) is 3. The molecule has 0 aliphatic rings. The fourth-order valence-electron chi connectivity index (χ4n) is 1.54. The first-order valence-corrected chi connectivity index (χ1v) is 6.64. The Bertz CT molecular complexity index is 447. The first-order chi connectivity index (χ1) is 8.82. The number of amides is 1. The van der Waals surface area contributed by atoms with Gasteiger partial charge in [-0.1, -0.05) is 11.6 Å². The summed E-state index contributed by atoms with van der Waals surface area (Å²) < 4.78 is 5.56. The molecule has 1 aromatic rings. The van der Waals surface area contributed by atoms with Gasteiger partial charge in [0.25, 0.3) is 5.91 Å². The number of benzene rings is 1. The summed E-state index contributed by atoms with van der Waals surface area (Å²) in [5.41, 5.74) is 6.66. The third-order valence-corrected chi connectivity index (χ3v) is 3.22. The fraction of sp³-hybridized carbons (Fsp3) is 0.500. The average Bonchev–Trinajstić information content (AvgIpc) is 2.35. The number of carbonyl (C=O) groups excluding carboxylic acids is 1. The van der Waals surface area contributed by atoms with Gasteiger partial charge in [-0.25, -0.2) is 0 Å². The van der Waals surface area contributed by atoms with Crippen LogP contribution in [0.4, 0.5) is 0 Å². The van der Waals surface area contributed by atoms with Crippen molar-refractivity contribution in [2.24, 2.45) is 5.73 Å². The highest BCUT2D eigenvalue weighted by atomic mass is 35.5. The van der Waals surface area contributed by atoms with Crippen molar-refractivity contribution in [1.29, 1.82) is 0 Å². The number of carbonyl (C=O) groups is 1. The second-order valence-electron chi connectivity index (χ2n) is 4.86.